The first-order chi connectivity index (χ1) is 4.41. The van der Waals surface area contributed by atoms with Crippen molar-refractivity contribution in [2.75, 3.05) is 14.1 Å². The van der Waals surface area contributed by atoms with Crippen LogP contribution in [0.4, 0.5) is 0 Å². The minimum absolute atomic E-state index is 0. The molecule has 0 aliphatic rings. The van der Waals surface area contributed by atoms with Crippen molar-refractivity contribution >= 4 is 0 Å². The van der Waals surface area contributed by atoms with Crippen molar-refractivity contribution in [1.29, 1.82) is 0 Å². The van der Waals surface area contributed by atoms with Crippen LogP contribution in [0.25, 0.3) is 5.32 Å². The summed E-state index contributed by atoms with van der Waals surface area (Å²) in [6.45, 7) is 0. The van der Waals surface area contributed by atoms with E-state index in [4.69, 9.17) is 0 Å². The molecule has 0 fully saturated rings. The molecule has 0 saturated heterocycles. The summed E-state index contributed by atoms with van der Waals surface area (Å²) in [4.78, 5) is 0. The minimum atomic E-state index is 0. The van der Waals surface area contributed by atoms with E-state index in [0.29, 0.717) is 0 Å². The molecule has 1 nitrogen and oxygen atoms in total. The molecular weight excluding hydrogens is 211 g/mol. The molecule has 0 spiro atoms. The van der Waals surface area contributed by atoms with E-state index in [0.717, 1.165) is 0 Å². The Labute approximate surface area is 95.5 Å². The normalized spacial score (nSPS) is 6.00. The molecule has 0 amide bonds. The van der Waals surface area contributed by atoms with Crippen LogP contribution in [0.15, 0.2) is 36.4 Å². The van der Waals surface area contributed by atoms with Crippen molar-refractivity contribution in [3.63, 3.8) is 0 Å². The third-order valence-corrected chi connectivity index (χ3v) is 0.667. The van der Waals surface area contributed by atoms with E-state index in [2.05, 4.69) is 5.32 Å². The average molecular weight is 226 g/mol. The summed E-state index contributed by atoms with van der Waals surface area (Å²) in [5.41, 5.74) is 0. The largest absolute Gasteiger partial charge is 0.668 e. The van der Waals surface area contributed by atoms with Gasteiger partial charge in [0.15, 0.2) is 0 Å². The summed E-state index contributed by atoms with van der Waals surface area (Å²) in [6, 6.07) is 12.0. The number of hydrogen-bond acceptors (Lipinski definition) is 0. The Balaban J connectivity index is -0.000000116. The molecular formula is C9H15NY-2. The molecule has 0 saturated carbocycles. The zero-order valence-electron chi connectivity index (χ0n) is 7.49. The van der Waals surface area contributed by atoms with Crippen LogP contribution in [-0.2, 0) is 32.7 Å². The maximum atomic E-state index is 3.50. The van der Waals surface area contributed by atoms with Crippen LogP contribution in [0.1, 0.15) is 0 Å². The maximum Gasteiger partial charge on any atom is 0 e. The zero-order valence-corrected chi connectivity index (χ0v) is 10.3. The van der Waals surface area contributed by atoms with Gasteiger partial charge in [0.05, 0.1) is 0 Å². The van der Waals surface area contributed by atoms with Gasteiger partial charge in [0.1, 0.15) is 0 Å². The van der Waals surface area contributed by atoms with E-state index in [9.17, 15) is 0 Å². The van der Waals surface area contributed by atoms with Crippen molar-refractivity contribution in [2.24, 2.45) is 0 Å². The van der Waals surface area contributed by atoms with Gasteiger partial charge in [0.25, 0.3) is 0 Å². The molecule has 1 rings (SSSR count). The molecule has 2 heteroatoms. The Morgan fingerprint density at radius 3 is 0.909 bits per heavy atom. The van der Waals surface area contributed by atoms with E-state index >= 15 is 0 Å². The molecule has 0 heterocycles. The quantitative estimate of drug-likeness (QED) is 0.604. The van der Waals surface area contributed by atoms with Crippen molar-refractivity contribution in [3.8, 4) is 0 Å². The van der Waals surface area contributed by atoms with E-state index < -0.39 is 0 Å². The predicted octanol–water partition coefficient (Wildman–Crippen LogP) is 2.75. The first-order valence-corrected chi connectivity index (χ1v) is 2.89. The van der Waals surface area contributed by atoms with Crippen molar-refractivity contribution in [1.82, 2.24) is 0 Å². The van der Waals surface area contributed by atoms with Crippen LogP contribution in [0.2, 0.25) is 0 Å². The fourth-order valence-electron chi connectivity index (χ4n) is 0.385. The van der Waals surface area contributed by atoms with Crippen LogP contribution >= 0.6 is 0 Å². The Hall–Kier alpha value is 0.284. The Bertz CT molecular complexity index is 92.4. The summed E-state index contributed by atoms with van der Waals surface area (Å²) in [6.07, 6.45) is 0. The summed E-state index contributed by atoms with van der Waals surface area (Å²) >= 11 is 0. The molecule has 61 valence electrons. The van der Waals surface area contributed by atoms with Gasteiger partial charge in [0.2, 0.25) is 0 Å². The Morgan fingerprint density at radius 1 is 0.727 bits per heavy atom. The van der Waals surface area contributed by atoms with Crippen molar-refractivity contribution in [3.05, 3.63) is 49.1 Å². The van der Waals surface area contributed by atoms with Crippen molar-refractivity contribution < 1.29 is 32.7 Å². The molecule has 1 aromatic rings. The SMILES string of the molecule is C[N-]C.[CH3-].[Y].c1ccccc1. The predicted molar refractivity (Wildman–Crippen MR) is 48.1 cm³/mol. The molecule has 11 heavy (non-hydrogen) atoms. The first kappa shape index (κ1) is 17.4. The van der Waals surface area contributed by atoms with Gasteiger partial charge in [0, 0.05) is 32.7 Å². The van der Waals surface area contributed by atoms with Crippen LogP contribution in [0.5, 0.6) is 0 Å². The van der Waals surface area contributed by atoms with Crippen LogP contribution < -0.4 is 0 Å². The molecule has 0 unspecified atom stereocenters. The standard InChI is InChI=1S/C6H6.C2H6N.CH3.Y/c1-2-4-6-5-3-1;1-3-2;;/h1-6H;1-2H3;1H3;/q;2*-1;. The Kier molecular flexibility index (Phi) is 26.4. The van der Waals surface area contributed by atoms with Gasteiger partial charge < -0.3 is 12.7 Å². The van der Waals surface area contributed by atoms with Crippen LogP contribution in [0, 0.1) is 7.43 Å². The second kappa shape index (κ2) is 16.7. The minimum Gasteiger partial charge on any atom is -0.668 e. The van der Waals surface area contributed by atoms with E-state index in [1.165, 1.54) is 0 Å². The molecule has 0 aromatic heterocycles. The molecule has 0 bridgehead atoms. The molecule has 0 aliphatic heterocycles. The second-order valence-corrected chi connectivity index (χ2v) is 1.60. The van der Waals surface area contributed by atoms with Crippen LogP contribution in [-0.4, -0.2) is 14.1 Å². The van der Waals surface area contributed by atoms with Gasteiger partial charge in [-0.05, 0) is 0 Å². The van der Waals surface area contributed by atoms with Gasteiger partial charge >= 0.3 is 0 Å². The topological polar surface area (TPSA) is 14.1 Å². The van der Waals surface area contributed by atoms with Crippen LogP contribution in [0.3, 0.4) is 0 Å². The summed E-state index contributed by atoms with van der Waals surface area (Å²) in [5, 5.41) is 3.50. The summed E-state index contributed by atoms with van der Waals surface area (Å²) in [5.74, 6) is 0. The van der Waals surface area contributed by atoms with Gasteiger partial charge in [-0.15, -0.1) is 0 Å². The number of nitrogens with zero attached hydrogens (tertiary/aromatic N) is 1. The first-order valence-electron chi connectivity index (χ1n) is 2.89. The van der Waals surface area contributed by atoms with Gasteiger partial charge in [-0.25, -0.2) is 0 Å². The average Bonchev–Trinajstić information content (AvgIpc) is 1.93. The third kappa shape index (κ3) is 17.9. The maximum absolute atomic E-state index is 3.50. The molecule has 1 radical (unpaired) electrons. The number of rotatable bonds is 0. The monoisotopic (exact) mass is 226 g/mol. The zero-order chi connectivity index (χ0) is 6.95. The molecule has 1 aromatic carbocycles. The smallest absolute Gasteiger partial charge is 0 e. The molecule has 0 atom stereocenters. The third-order valence-electron chi connectivity index (χ3n) is 0.667. The van der Waals surface area contributed by atoms with E-state index in [-0.39, 0.29) is 40.1 Å². The van der Waals surface area contributed by atoms with Gasteiger partial charge in [-0.3, -0.25) is 0 Å². The fraction of sp³-hybridized carbons (Fsp3) is 0.222. The number of hydrogen-bond donors (Lipinski definition) is 0. The number of benzene rings is 1. The molecule has 0 N–H and O–H groups in total. The summed E-state index contributed by atoms with van der Waals surface area (Å²) in [7, 11) is 3.50. The fourth-order valence-corrected chi connectivity index (χ4v) is 0.385. The van der Waals surface area contributed by atoms with Gasteiger partial charge in [-0.2, -0.15) is 14.1 Å². The van der Waals surface area contributed by atoms with E-state index in [1.807, 2.05) is 36.4 Å². The molecule has 0 aliphatic carbocycles. The van der Waals surface area contributed by atoms with Gasteiger partial charge in [-0.1, -0.05) is 36.4 Å². The Morgan fingerprint density at radius 2 is 0.818 bits per heavy atom. The second-order valence-electron chi connectivity index (χ2n) is 1.60. The van der Waals surface area contributed by atoms with E-state index in [1.54, 1.807) is 14.1 Å². The van der Waals surface area contributed by atoms with Crippen molar-refractivity contribution in [2.45, 2.75) is 0 Å². The summed E-state index contributed by atoms with van der Waals surface area (Å²) < 4.78 is 0.